The molecule has 7 heteroatoms. The Labute approximate surface area is 204 Å². The highest BCUT2D eigenvalue weighted by Crippen LogP contribution is 2.41. The van der Waals surface area contributed by atoms with Gasteiger partial charge in [-0.25, -0.2) is 9.59 Å². The van der Waals surface area contributed by atoms with Crippen LogP contribution in [0.4, 0.5) is 0 Å². The van der Waals surface area contributed by atoms with Crippen molar-refractivity contribution >= 4 is 11.9 Å². The van der Waals surface area contributed by atoms with Gasteiger partial charge in [0.25, 0.3) is 0 Å². The second-order valence-electron chi connectivity index (χ2n) is 8.93. The minimum atomic E-state index is -0.462. The Hall–Kier alpha value is -4.00. The van der Waals surface area contributed by atoms with Crippen molar-refractivity contribution in [1.29, 1.82) is 0 Å². The Morgan fingerprint density at radius 2 is 1.26 bits per heavy atom. The Morgan fingerprint density at radius 3 is 1.77 bits per heavy atom. The first-order valence-corrected chi connectivity index (χ1v) is 11.6. The molecule has 0 unspecified atom stereocenters. The van der Waals surface area contributed by atoms with Crippen molar-refractivity contribution in [3.05, 3.63) is 84.3 Å². The fourth-order valence-electron chi connectivity index (χ4n) is 4.05. The van der Waals surface area contributed by atoms with E-state index in [0.29, 0.717) is 40.3 Å². The smallest absolute Gasteiger partial charge is 0.338 e. The van der Waals surface area contributed by atoms with Crippen molar-refractivity contribution in [3.63, 3.8) is 0 Å². The zero-order chi connectivity index (χ0) is 24.9. The summed E-state index contributed by atoms with van der Waals surface area (Å²) in [6, 6.07) is 14.7. The minimum absolute atomic E-state index is 0.221. The van der Waals surface area contributed by atoms with E-state index in [2.05, 4.69) is 23.4 Å². The highest BCUT2D eigenvalue weighted by atomic mass is 16.5. The number of esters is 2. The van der Waals surface area contributed by atoms with Crippen LogP contribution in [0, 0.1) is 0 Å². The molecule has 1 saturated carbocycles. The summed E-state index contributed by atoms with van der Waals surface area (Å²) >= 11 is 0. The molecule has 0 atom stereocenters. The van der Waals surface area contributed by atoms with E-state index >= 15 is 0 Å². The quantitative estimate of drug-likeness (QED) is 0.232. The summed E-state index contributed by atoms with van der Waals surface area (Å²) in [6.07, 6.45) is 3.93. The summed E-state index contributed by atoms with van der Waals surface area (Å²) in [5.41, 5.74) is 2.71. The normalized spacial score (nSPS) is 17.4. The Bertz CT molecular complexity index is 1230. The molecule has 1 fully saturated rings. The van der Waals surface area contributed by atoms with Crippen LogP contribution < -0.4 is 9.47 Å². The van der Waals surface area contributed by atoms with E-state index in [1.165, 1.54) is 5.56 Å². The van der Waals surface area contributed by atoms with Gasteiger partial charge in [-0.05, 0) is 87.4 Å². The molecule has 1 aliphatic rings. The van der Waals surface area contributed by atoms with E-state index in [4.69, 9.17) is 13.9 Å². The molecule has 1 heterocycles. The fourth-order valence-corrected chi connectivity index (χ4v) is 4.05. The van der Waals surface area contributed by atoms with Gasteiger partial charge < -0.3 is 13.9 Å². The molecule has 0 bridgehead atoms. The SMILES string of the molecule is C=C(C)C(=O)Oc1ccc(-c2nnc(C3CCC(c4ccc(OC(=O)C(=C)C)cc4)CC3)o2)cc1. The average molecular weight is 473 g/mol. The molecule has 3 aromatic rings. The number of carbonyl (C=O) groups is 2. The maximum Gasteiger partial charge on any atom is 0.338 e. The lowest BCUT2D eigenvalue weighted by molar-refractivity contribution is -0.130. The number of carbonyl (C=O) groups excluding carboxylic acids is 2. The lowest BCUT2D eigenvalue weighted by Gasteiger charge is -2.26. The molecule has 1 aliphatic carbocycles. The van der Waals surface area contributed by atoms with Crippen LogP contribution in [0.2, 0.25) is 0 Å². The van der Waals surface area contributed by atoms with Crippen LogP contribution in [-0.4, -0.2) is 22.1 Å². The first-order chi connectivity index (χ1) is 16.8. The number of aromatic nitrogens is 2. The summed E-state index contributed by atoms with van der Waals surface area (Å²) < 4.78 is 16.5. The predicted octanol–water partition coefficient (Wildman–Crippen LogP) is 6.14. The molecule has 1 aromatic heterocycles. The summed E-state index contributed by atoms with van der Waals surface area (Å²) in [5.74, 6) is 1.83. The molecule has 4 rings (SSSR count). The average Bonchev–Trinajstić information content (AvgIpc) is 3.35. The molecular formula is C28H28N2O5. The monoisotopic (exact) mass is 472 g/mol. The van der Waals surface area contributed by atoms with Gasteiger partial charge in [0.15, 0.2) is 0 Å². The van der Waals surface area contributed by atoms with Gasteiger partial charge in [0.1, 0.15) is 11.5 Å². The van der Waals surface area contributed by atoms with E-state index < -0.39 is 11.9 Å². The van der Waals surface area contributed by atoms with Gasteiger partial charge in [-0.1, -0.05) is 25.3 Å². The predicted molar refractivity (Wildman–Crippen MR) is 131 cm³/mol. The number of hydrogen-bond donors (Lipinski definition) is 0. The molecule has 0 amide bonds. The number of benzene rings is 2. The second kappa shape index (κ2) is 10.5. The minimum Gasteiger partial charge on any atom is -0.423 e. The second-order valence-corrected chi connectivity index (χ2v) is 8.93. The lowest BCUT2D eigenvalue weighted by Crippen LogP contribution is -2.12. The first kappa shape index (κ1) is 24.1. The molecule has 0 radical (unpaired) electrons. The topological polar surface area (TPSA) is 91.5 Å². The number of hydrogen-bond acceptors (Lipinski definition) is 7. The largest absolute Gasteiger partial charge is 0.423 e. The Balaban J connectivity index is 1.33. The van der Waals surface area contributed by atoms with Crippen molar-refractivity contribution < 1.29 is 23.5 Å². The van der Waals surface area contributed by atoms with Crippen LogP contribution in [0.5, 0.6) is 11.5 Å². The van der Waals surface area contributed by atoms with E-state index in [9.17, 15) is 9.59 Å². The van der Waals surface area contributed by atoms with Crippen LogP contribution in [0.15, 0.2) is 77.3 Å². The fraction of sp³-hybridized carbons (Fsp3) is 0.286. The van der Waals surface area contributed by atoms with Crippen molar-refractivity contribution in [3.8, 4) is 23.0 Å². The van der Waals surface area contributed by atoms with Gasteiger partial charge in [-0.2, -0.15) is 0 Å². The molecule has 0 spiro atoms. The molecule has 35 heavy (non-hydrogen) atoms. The molecule has 2 aromatic carbocycles. The highest BCUT2D eigenvalue weighted by molar-refractivity contribution is 5.89. The maximum absolute atomic E-state index is 11.7. The van der Waals surface area contributed by atoms with Crippen molar-refractivity contribution in [2.24, 2.45) is 0 Å². The van der Waals surface area contributed by atoms with E-state index in [0.717, 1.165) is 31.2 Å². The van der Waals surface area contributed by atoms with Crippen LogP contribution in [0.3, 0.4) is 0 Å². The number of rotatable bonds is 7. The van der Waals surface area contributed by atoms with Crippen molar-refractivity contribution in [1.82, 2.24) is 10.2 Å². The zero-order valence-corrected chi connectivity index (χ0v) is 20.0. The third kappa shape index (κ3) is 5.93. The third-order valence-corrected chi connectivity index (χ3v) is 6.09. The van der Waals surface area contributed by atoms with E-state index in [-0.39, 0.29) is 5.92 Å². The van der Waals surface area contributed by atoms with Gasteiger partial charge in [-0.3, -0.25) is 0 Å². The summed E-state index contributed by atoms with van der Waals surface area (Å²) in [6.45, 7) is 10.4. The molecule has 0 aliphatic heterocycles. The van der Waals surface area contributed by atoms with Gasteiger partial charge in [0.05, 0.1) is 0 Å². The van der Waals surface area contributed by atoms with E-state index in [1.807, 2.05) is 24.3 Å². The van der Waals surface area contributed by atoms with Crippen molar-refractivity contribution in [2.75, 3.05) is 0 Å². The van der Waals surface area contributed by atoms with Gasteiger partial charge >= 0.3 is 11.9 Å². The van der Waals surface area contributed by atoms with Gasteiger partial charge in [-0.15, -0.1) is 10.2 Å². The summed E-state index contributed by atoms with van der Waals surface area (Å²) in [7, 11) is 0. The zero-order valence-electron chi connectivity index (χ0n) is 20.0. The van der Waals surface area contributed by atoms with Crippen LogP contribution in [0.1, 0.15) is 62.8 Å². The first-order valence-electron chi connectivity index (χ1n) is 11.6. The molecule has 0 N–H and O–H groups in total. The summed E-state index contributed by atoms with van der Waals surface area (Å²) in [5, 5.41) is 8.51. The van der Waals surface area contributed by atoms with E-state index in [1.54, 1.807) is 38.1 Å². The maximum atomic E-state index is 11.7. The van der Waals surface area contributed by atoms with Crippen LogP contribution in [-0.2, 0) is 9.59 Å². The lowest BCUT2D eigenvalue weighted by atomic mass is 9.78. The van der Waals surface area contributed by atoms with Crippen molar-refractivity contribution in [2.45, 2.75) is 51.4 Å². The number of ether oxygens (including phenoxy) is 2. The molecular weight excluding hydrogens is 444 g/mol. The van der Waals surface area contributed by atoms with Gasteiger partial charge in [0, 0.05) is 22.6 Å². The van der Waals surface area contributed by atoms with Gasteiger partial charge in [0.2, 0.25) is 11.8 Å². The number of nitrogens with zero attached hydrogens (tertiary/aromatic N) is 2. The van der Waals surface area contributed by atoms with Crippen LogP contribution >= 0.6 is 0 Å². The molecule has 0 saturated heterocycles. The summed E-state index contributed by atoms with van der Waals surface area (Å²) in [4.78, 5) is 23.3. The standard InChI is InChI=1S/C28H28N2O5/c1-17(2)27(31)33-23-13-9-20(10-14-23)19-5-7-21(8-6-19)25-29-30-26(35-25)22-11-15-24(16-12-22)34-28(32)18(3)4/h9-16,19,21H,1,3,5-8H2,2,4H3. The third-order valence-electron chi connectivity index (χ3n) is 6.09. The molecule has 180 valence electrons. The Kier molecular flexibility index (Phi) is 7.25. The highest BCUT2D eigenvalue weighted by Gasteiger charge is 2.27. The Morgan fingerprint density at radius 1 is 0.771 bits per heavy atom. The molecule has 7 nitrogen and oxygen atoms in total. The van der Waals surface area contributed by atoms with Crippen LogP contribution in [0.25, 0.3) is 11.5 Å².